The van der Waals surface area contributed by atoms with Crippen molar-refractivity contribution in [3.8, 4) is 0 Å². The number of hydrogen-bond donors (Lipinski definition) is 1. The van der Waals surface area contributed by atoms with Gasteiger partial charge in [0.15, 0.2) is 0 Å². The molecule has 1 aliphatic heterocycles. The topological polar surface area (TPSA) is 47.0 Å². The molecule has 1 N–H and O–H groups in total. The van der Waals surface area contributed by atoms with Crippen LogP contribution in [-0.2, 0) is 17.6 Å². The van der Waals surface area contributed by atoms with Gasteiger partial charge in [-0.05, 0) is 58.3 Å². The van der Waals surface area contributed by atoms with Gasteiger partial charge >= 0.3 is 0 Å². The van der Waals surface area contributed by atoms with E-state index >= 15 is 0 Å². The summed E-state index contributed by atoms with van der Waals surface area (Å²) in [6, 6.07) is 0. The van der Waals surface area contributed by atoms with Crippen molar-refractivity contribution < 1.29 is 4.74 Å². The molecule has 0 saturated carbocycles. The molecule has 110 valence electrons. The molecule has 1 atom stereocenters. The lowest BCUT2D eigenvalue weighted by Gasteiger charge is -2.23. The van der Waals surface area contributed by atoms with Gasteiger partial charge in [0.2, 0.25) is 0 Å². The third-order valence-electron chi connectivity index (χ3n) is 4.33. The maximum atomic E-state index is 5.78. The average Bonchev–Trinajstić information content (AvgIpc) is 2.48. The van der Waals surface area contributed by atoms with Crippen LogP contribution in [0.25, 0.3) is 0 Å². The molecule has 4 heteroatoms. The molecule has 1 aromatic heterocycles. The van der Waals surface area contributed by atoms with Crippen molar-refractivity contribution in [3.05, 3.63) is 17.1 Å². The van der Waals surface area contributed by atoms with Crippen molar-refractivity contribution in [2.45, 2.75) is 64.4 Å². The second-order valence-corrected chi connectivity index (χ2v) is 5.96. The van der Waals surface area contributed by atoms with Gasteiger partial charge < -0.3 is 10.1 Å². The minimum Gasteiger partial charge on any atom is -0.378 e. The van der Waals surface area contributed by atoms with Crippen LogP contribution in [0.1, 0.15) is 55.6 Å². The number of hydrogen-bond acceptors (Lipinski definition) is 4. The Morgan fingerprint density at radius 3 is 2.90 bits per heavy atom. The summed E-state index contributed by atoms with van der Waals surface area (Å²) in [4.78, 5) is 9.20. The molecule has 20 heavy (non-hydrogen) atoms. The molecule has 1 aromatic rings. The van der Waals surface area contributed by atoms with E-state index in [1.165, 1.54) is 43.4 Å². The monoisotopic (exact) mass is 275 g/mol. The van der Waals surface area contributed by atoms with Crippen LogP contribution in [0.2, 0.25) is 0 Å². The molecule has 1 aliphatic carbocycles. The zero-order chi connectivity index (χ0) is 13.8. The molecular weight excluding hydrogens is 250 g/mol. The van der Waals surface area contributed by atoms with Crippen molar-refractivity contribution in [3.63, 3.8) is 0 Å². The number of fused-ring (bicyclic) bond motifs is 1. The molecule has 1 fully saturated rings. The molecule has 3 rings (SSSR count). The Hall–Kier alpha value is -1.16. The summed E-state index contributed by atoms with van der Waals surface area (Å²) in [5, 5.41) is 3.53. The number of aryl methyl sites for hydroxylation is 2. The standard InChI is InChI=1S/C16H25N3O/c1-12-18-15-8-3-2-7-14(15)16(19-12)17-10-9-13-6-4-5-11-20-13/h13H,2-11H2,1H3,(H,17,18,19). The van der Waals surface area contributed by atoms with Gasteiger partial charge in [0.25, 0.3) is 0 Å². The Kier molecular flexibility index (Phi) is 4.51. The summed E-state index contributed by atoms with van der Waals surface area (Å²) in [6.45, 7) is 3.88. The molecule has 4 nitrogen and oxygen atoms in total. The quantitative estimate of drug-likeness (QED) is 0.917. The molecule has 2 aliphatic rings. The highest BCUT2D eigenvalue weighted by Crippen LogP contribution is 2.25. The second kappa shape index (κ2) is 6.53. The molecule has 0 aromatic carbocycles. The van der Waals surface area contributed by atoms with E-state index in [1.807, 2.05) is 6.92 Å². The summed E-state index contributed by atoms with van der Waals surface area (Å²) >= 11 is 0. The first-order valence-corrected chi connectivity index (χ1v) is 8.05. The fraction of sp³-hybridized carbons (Fsp3) is 0.750. The number of aromatic nitrogens is 2. The smallest absolute Gasteiger partial charge is 0.133 e. The lowest BCUT2D eigenvalue weighted by molar-refractivity contribution is 0.0134. The van der Waals surface area contributed by atoms with Crippen molar-refractivity contribution in [1.29, 1.82) is 0 Å². The van der Waals surface area contributed by atoms with Crippen LogP contribution in [0.4, 0.5) is 5.82 Å². The highest BCUT2D eigenvalue weighted by atomic mass is 16.5. The first kappa shape index (κ1) is 13.8. The normalized spacial score (nSPS) is 22.4. The molecule has 2 heterocycles. The SMILES string of the molecule is Cc1nc2c(c(NCCC3CCCCO3)n1)CCCC2. The van der Waals surface area contributed by atoms with E-state index in [0.717, 1.165) is 44.1 Å². The highest BCUT2D eigenvalue weighted by Gasteiger charge is 2.17. The van der Waals surface area contributed by atoms with E-state index < -0.39 is 0 Å². The Bertz CT molecular complexity index is 455. The lowest BCUT2D eigenvalue weighted by Crippen LogP contribution is -2.23. The summed E-state index contributed by atoms with van der Waals surface area (Å²) in [6.07, 6.45) is 10.0. The molecule has 0 amide bonds. The zero-order valence-corrected chi connectivity index (χ0v) is 12.5. The van der Waals surface area contributed by atoms with E-state index in [-0.39, 0.29) is 0 Å². The summed E-state index contributed by atoms with van der Waals surface area (Å²) in [5.74, 6) is 1.96. The van der Waals surface area contributed by atoms with Gasteiger partial charge in [0.05, 0.1) is 6.10 Å². The maximum absolute atomic E-state index is 5.78. The largest absolute Gasteiger partial charge is 0.378 e. The Labute approximate surface area is 121 Å². The average molecular weight is 275 g/mol. The first-order chi connectivity index (χ1) is 9.83. The van der Waals surface area contributed by atoms with Gasteiger partial charge in [-0.2, -0.15) is 0 Å². The summed E-state index contributed by atoms with van der Waals surface area (Å²) in [5.41, 5.74) is 2.62. The fourth-order valence-corrected chi connectivity index (χ4v) is 3.25. The Balaban J connectivity index is 1.60. The third kappa shape index (κ3) is 3.29. The van der Waals surface area contributed by atoms with Gasteiger partial charge in [0, 0.05) is 24.4 Å². The first-order valence-electron chi connectivity index (χ1n) is 8.05. The van der Waals surface area contributed by atoms with E-state index in [1.54, 1.807) is 0 Å². The number of nitrogens with one attached hydrogen (secondary N) is 1. The zero-order valence-electron chi connectivity index (χ0n) is 12.5. The minimum atomic E-state index is 0.440. The van der Waals surface area contributed by atoms with Crippen LogP contribution >= 0.6 is 0 Å². The fourth-order valence-electron chi connectivity index (χ4n) is 3.25. The molecule has 1 saturated heterocycles. The summed E-state index contributed by atoms with van der Waals surface area (Å²) < 4.78 is 5.78. The number of anilines is 1. The van der Waals surface area contributed by atoms with Crippen molar-refractivity contribution in [1.82, 2.24) is 9.97 Å². The van der Waals surface area contributed by atoms with Crippen molar-refractivity contribution in [2.75, 3.05) is 18.5 Å². The number of nitrogens with zero attached hydrogens (tertiary/aromatic N) is 2. The maximum Gasteiger partial charge on any atom is 0.133 e. The second-order valence-electron chi connectivity index (χ2n) is 5.96. The van der Waals surface area contributed by atoms with Gasteiger partial charge in [-0.15, -0.1) is 0 Å². The van der Waals surface area contributed by atoms with Crippen LogP contribution in [-0.4, -0.2) is 29.2 Å². The number of ether oxygens (including phenoxy) is 1. The Morgan fingerprint density at radius 2 is 2.05 bits per heavy atom. The van der Waals surface area contributed by atoms with Gasteiger partial charge in [-0.1, -0.05) is 0 Å². The van der Waals surface area contributed by atoms with Crippen LogP contribution in [0.15, 0.2) is 0 Å². The van der Waals surface area contributed by atoms with Crippen molar-refractivity contribution in [2.24, 2.45) is 0 Å². The van der Waals surface area contributed by atoms with Crippen LogP contribution in [0.3, 0.4) is 0 Å². The predicted octanol–water partition coefficient (Wildman–Crippen LogP) is 3.03. The van der Waals surface area contributed by atoms with Gasteiger partial charge in [-0.3, -0.25) is 0 Å². The van der Waals surface area contributed by atoms with Crippen molar-refractivity contribution >= 4 is 5.82 Å². The molecule has 0 radical (unpaired) electrons. The number of rotatable bonds is 4. The van der Waals surface area contributed by atoms with E-state index in [0.29, 0.717) is 6.10 Å². The lowest BCUT2D eigenvalue weighted by atomic mass is 9.96. The molecule has 1 unspecified atom stereocenters. The van der Waals surface area contributed by atoms with Crippen LogP contribution < -0.4 is 5.32 Å². The molecule has 0 spiro atoms. The summed E-state index contributed by atoms with van der Waals surface area (Å²) in [7, 11) is 0. The Morgan fingerprint density at radius 1 is 1.15 bits per heavy atom. The predicted molar refractivity (Wildman–Crippen MR) is 80.1 cm³/mol. The van der Waals surface area contributed by atoms with Crippen LogP contribution in [0.5, 0.6) is 0 Å². The van der Waals surface area contributed by atoms with Gasteiger partial charge in [-0.25, -0.2) is 9.97 Å². The third-order valence-corrected chi connectivity index (χ3v) is 4.33. The molecule has 0 bridgehead atoms. The van der Waals surface area contributed by atoms with Crippen LogP contribution in [0, 0.1) is 6.92 Å². The minimum absolute atomic E-state index is 0.440. The van der Waals surface area contributed by atoms with E-state index in [9.17, 15) is 0 Å². The van der Waals surface area contributed by atoms with E-state index in [2.05, 4.69) is 15.3 Å². The van der Waals surface area contributed by atoms with Gasteiger partial charge in [0.1, 0.15) is 11.6 Å². The molecular formula is C16H25N3O. The highest BCUT2D eigenvalue weighted by molar-refractivity contribution is 5.47. The van der Waals surface area contributed by atoms with E-state index in [4.69, 9.17) is 4.74 Å².